The van der Waals surface area contributed by atoms with Crippen molar-refractivity contribution >= 4 is 7.28 Å². The Bertz CT molecular complexity index is 74.9. The average molecular weight is 111 g/mol. The third kappa shape index (κ3) is 1.25. The summed E-state index contributed by atoms with van der Waals surface area (Å²) in [6.07, 6.45) is 2.68. The predicted octanol–water partition coefficient (Wildman–Crippen LogP) is 0.524. The molecule has 0 saturated carbocycles. The molecule has 0 aromatic carbocycles. The maximum absolute atomic E-state index is 2.41. The van der Waals surface area contributed by atoms with Gasteiger partial charge in [-0.15, -0.1) is 0 Å². The molecule has 1 unspecified atom stereocenters. The zero-order valence-electron chi connectivity index (χ0n) is 5.85. The van der Waals surface area contributed by atoms with Crippen molar-refractivity contribution in [3.8, 4) is 0 Å². The van der Waals surface area contributed by atoms with E-state index in [1.807, 2.05) is 0 Å². The van der Waals surface area contributed by atoms with Crippen LogP contribution in [0.4, 0.5) is 0 Å². The lowest BCUT2D eigenvalue weighted by molar-refractivity contribution is 0.411. The molecule has 1 nitrogen and oxygen atoms in total. The fraction of sp³-hybridized carbons (Fsp3) is 1.00. The second kappa shape index (κ2) is 2.54. The predicted molar refractivity (Wildman–Crippen MR) is 38.7 cm³/mol. The highest BCUT2D eigenvalue weighted by Gasteiger charge is 2.18. The minimum Gasteiger partial charge on any atom is -0.314 e. The Balaban J connectivity index is 2.22. The maximum Gasteiger partial charge on any atom is 0.143 e. The van der Waals surface area contributed by atoms with E-state index in [1.165, 1.54) is 26.7 Å². The number of hydrogen-bond acceptors (Lipinski definition) is 1. The fourth-order valence-electron chi connectivity index (χ4n) is 1.36. The number of hydrogen-bond donors (Lipinski definition) is 0. The Kier molecular flexibility index (Phi) is 1.95. The molecule has 2 heteroatoms. The van der Waals surface area contributed by atoms with Gasteiger partial charge in [0.25, 0.3) is 0 Å². The van der Waals surface area contributed by atoms with Gasteiger partial charge in [-0.2, -0.15) is 0 Å². The summed E-state index contributed by atoms with van der Waals surface area (Å²) in [6.45, 7) is 3.61. The van der Waals surface area contributed by atoms with Gasteiger partial charge >= 0.3 is 0 Å². The summed E-state index contributed by atoms with van der Waals surface area (Å²) in [6, 6.07) is 0. The van der Waals surface area contributed by atoms with Gasteiger partial charge in [-0.1, -0.05) is 19.2 Å². The quantitative estimate of drug-likeness (QED) is 0.446. The summed E-state index contributed by atoms with van der Waals surface area (Å²) in [7, 11) is 3.63. The first-order valence-corrected chi connectivity index (χ1v) is 3.51. The molecule has 0 N–H and O–H groups in total. The standard InChI is InChI=1S/C6H14BN/c1-3-6-4-8(2)5-7-6/h6-7H,3-5H2,1-2H3. The molecule has 1 saturated heterocycles. The minimum atomic E-state index is 1.000. The summed E-state index contributed by atoms with van der Waals surface area (Å²) in [4.78, 5) is 2.41. The molecule has 46 valence electrons. The van der Waals surface area contributed by atoms with E-state index >= 15 is 0 Å². The molecule has 1 aliphatic heterocycles. The van der Waals surface area contributed by atoms with E-state index in [1.54, 1.807) is 0 Å². The van der Waals surface area contributed by atoms with Crippen molar-refractivity contribution in [2.75, 3.05) is 20.0 Å². The van der Waals surface area contributed by atoms with Crippen LogP contribution in [0.2, 0.25) is 5.82 Å². The first kappa shape index (κ1) is 6.15. The van der Waals surface area contributed by atoms with E-state index < -0.39 is 0 Å². The molecule has 0 aliphatic carbocycles. The van der Waals surface area contributed by atoms with Crippen LogP contribution in [0.3, 0.4) is 0 Å². The van der Waals surface area contributed by atoms with Crippen molar-refractivity contribution in [2.45, 2.75) is 19.2 Å². The highest BCUT2D eigenvalue weighted by molar-refractivity contribution is 6.38. The van der Waals surface area contributed by atoms with Gasteiger partial charge < -0.3 is 4.90 Å². The molecule has 1 heterocycles. The average Bonchev–Trinajstić information content (AvgIpc) is 2.14. The summed E-state index contributed by atoms with van der Waals surface area (Å²) in [5.41, 5.74) is 0. The third-order valence-corrected chi connectivity index (χ3v) is 2.07. The van der Waals surface area contributed by atoms with E-state index in [4.69, 9.17) is 0 Å². The van der Waals surface area contributed by atoms with Crippen LogP contribution in [0.1, 0.15) is 13.3 Å². The lowest BCUT2D eigenvalue weighted by Crippen LogP contribution is -2.12. The third-order valence-electron chi connectivity index (χ3n) is 2.07. The van der Waals surface area contributed by atoms with Crippen molar-refractivity contribution < 1.29 is 0 Å². The molecule has 1 aliphatic rings. The molecule has 0 radical (unpaired) electrons. The van der Waals surface area contributed by atoms with Crippen LogP contribution < -0.4 is 0 Å². The van der Waals surface area contributed by atoms with Crippen LogP contribution in [-0.4, -0.2) is 32.2 Å². The van der Waals surface area contributed by atoms with Crippen molar-refractivity contribution in [1.82, 2.24) is 4.90 Å². The van der Waals surface area contributed by atoms with E-state index in [9.17, 15) is 0 Å². The van der Waals surface area contributed by atoms with E-state index in [2.05, 4.69) is 18.9 Å². The van der Waals surface area contributed by atoms with Crippen molar-refractivity contribution in [2.24, 2.45) is 0 Å². The van der Waals surface area contributed by atoms with Crippen molar-refractivity contribution in [3.05, 3.63) is 0 Å². The van der Waals surface area contributed by atoms with Crippen LogP contribution in [0.25, 0.3) is 0 Å². The Labute approximate surface area is 52.3 Å². The minimum absolute atomic E-state index is 1.000. The van der Waals surface area contributed by atoms with Gasteiger partial charge in [0, 0.05) is 0 Å². The lowest BCUT2D eigenvalue weighted by atomic mass is 9.67. The zero-order chi connectivity index (χ0) is 5.98. The van der Waals surface area contributed by atoms with E-state index in [0.29, 0.717) is 0 Å². The van der Waals surface area contributed by atoms with Crippen molar-refractivity contribution in [3.63, 3.8) is 0 Å². The topological polar surface area (TPSA) is 3.24 Å². The fourth-order valence-corrected chi connectivity index (χ4v) is 1.36. The zero-order valence-corrected chi connectivity index (χ0v) is 5.85. The molecule has 0 aromatic rings. The molecular formula is C6H14BN. The highest BCUT2D eigenvalue weighted by Crippen LogP contribution is 2.15. The van der Waals surface area contributed by atoms with E-state index in [0.717, 1.165) is 5.82 Å². The molecule has 0 spiro atoms. The normalized spacial score (nSPS) is 30.5. The second-order valence-corrected chi connectivity index (χ2v) is 2.83. The second-order valence-electron chi connectivity index (χ2n) is 2.83. The lowest BCUT2D eigenvalue weighted by Gasteiger charge is -2.06. The van der Waals surface area contributed by atoms with Crippen LogP contribution >= 0.6 is 0 Å². The summed E-state index contributed by atoms with van der Waals surface area (Å²) >= 11 is 0. The van der Waals surface area contributed by atoms with Gasteiger partial charge in [-0.25, -0.2) is 0 Å². The molecule has 0 aromatic heterocycles. The Morgan fingerprint density at radius 3 is 2.75 bits per heavy atom. The first-order valence-electron chi connectivity index (χ1n) is 3.51. The van der Waals surface area contributed by atoms with Crippen LogP contribution in [-0.2, 0) is 0 Å². The maximum atomic E-state index is 2.41. The first-order chi connectivity index (χ1) is 3.83. The molecule has 1 atom stereocenters. The summed E-state index contributed by atoms with van der Waals surface area (Å²) < 4.78 is 0. The van der Waals surface area contributed by atoms with E-state index in [-0.39, 0.29) is 0 Å². The van der Waals surface area contributed by atoms with Crippen LogP contribution in [0.5, 0.6) is 0 Å². The Morgan fingerprint density at radius 2 is 2.50 bits per heavy atom. The van der Waals surface area contributed by atoms with Crippen LogP contribution in [0.15, 0.2) is 0 Å². The molecular weight excluding hydrogens is 96.9 g/mol. The smallest absolute Gasteiger partial charge is 0.143 e. The van der Waals surface area contributed by atoms with Gasteiger partial charge in [0.15, 0.2) is 0 Å². The number of rotatable bonds is 1. The molecule has 1 fully saturated rings. The summed E-state index contributed by atoms with van der Waals surface area (Å²) in [5, 5.41) is 0. The molecule has 8 heavy (non-hydrogen) atoms. The Hall–Kier alpha value is 0.0249. The monoisotopic (exact) mass is 111 g/mol. The highest BCUT2D eigenvalue weighted by atomic mass is 15.1. The van der Waals surface area contributed by atoms with Gasteiger partial charge in [-0.05, 0) is 20.0 Å². The van der Waals surface area contributed by atoms with Crippen LogP contribution in [0, 0.1) is 0 Å². The van der Waals surface area contributed by atoms with Crippen molar-refractivity contribution in [1.29, 1.82) is 0 Å². The van der Waals surface area contributed by atoms with Gasteiger partial charge in [0.1, 0.15) is 7.28 Å². The largest absolute Gasteiger partial charge is 0.314 e. The van der Waals surface area contributed by atoms with Gasteiger partial charge in [0.2, 0.25) is 0 Å². The summed E-state index contributed by atoms with van der Waals surface area (Å²) in [5.74, 6) is 1.000. The number of nitrogens with zero attached hydrogens (tertiary/aromatic N) is 1. The molecule has 0 amide bonds. The van der Waals surface area contributed by atoms with Gasteiger partial charge in [-0.3, -0.25) is 0 Å². The molecule has 1 rings (SSSR count). The molecule has 0 bridgehead atoms. The Morgan fingerprint density at radius 1 is 1.75 bits per heavy atom. The van der Waals surface area contributed by atoms with Gasteiger partial charge in [0.05, 0.1) is 0 Å². The SMILES string of the molecule is CCC1BCN(C)C1.